The summed E-state index contributed by atoms with van der Waals surface area (Å²) >= 11 is 0. The van der Waals surface area contributed by atoms with Crippen molar-refractivity contribution in [2.75, 3.05) is 6.61 Å². The molecule has 0 spiro atoms. The average Bonchev–Trinajstić information content (AvgIpc) is 2.18. The molecule has 0 unspecified atom stereocenters. The van der Waals surface area contributed by atoms with E-state index < -0.39 is 5.97 Å². The number of ether oxygens (including phenoxy) is 1. The van der Waals surface area contributed by atoms with E-state index in [1.807, 2.05) is 0 Å². The van der Waals surface area contributed by atoms with Crippen molar-refractivity contribution in [3.8, 4) is 0 Å². The molecule has 0 bridgehead atoms. The zero-order chi connectivity index (χ0) is 10.6. The molecule has 1 aromatic rings. The van der Waals surface area contributed by atoms with Gasteiger partial charge in [-0.25, -0.2) is 4.79 Å². The Morgan fingerprint density at radius 2 is 1.80 bits per heavy atom. The first-order chi connectivity index (χ1) is 6.65. The Kier molecular flexibility index (Phi) is 5.41. The zero-order valence-corrected chi connectivity index (χ0v) is 9.00. The molecule has 5 heteroatoms. The van der Waals surface area contributed by atoms with E-state index in [2.05, 4.69) is 0 Å². The summed E-state index contributed by atoms with van der Waals surface area (Å²) in [7, 11) is 0. The van der Waals surface area contributed by atoms with Gasteiger partial charge in [-0.05, 0) is 31.2 Å². The van der Waals surface area contributed by atoms with Crippen molar-refractivity contribution in [2.24, 2.45) is 0 Å². The molecule has 0 aliphatic rings. The third kappa shape index (κ3) is 3.59. The van der Waals surface area contributed by atoms with Crippen molar-refractivity contribution in [1.82, 2.24) is 0 Å². The molecular weight excluding hydrogens is 218 g/mol. The van der Waals surface area contributed by atoms with E-state index >= 15 is 0 Å². The van der Waals surface area contributed by atoms with Crippen LogP contribution in [0.5, 0.6) is 0 Å². The Labute approximate surface area is 93.8 Å². The number of carbonyl (C=O) groups is 1. The molecule has 4 nitrogen and oxygen atoms in total. The Morgan fingerprint density at radius 1 is 1.33 bits per heavy atom. The smallest absolute Gasteiger partial charge is 0.335 e. The van der Waals surface area contributed by atoms with Crippen LogP contribution < -0.4 is 0 Å². The summed E-state index contributed by atoms with van der Waals surface area (Å²) in [6.07, 6.45) is 0. The summed E-state index contributed by atoms with van der Waals surface area (Å²) in [6, 6.07) is 6.01. The second-order valence-corrected chi connectivity index (χ2v) is 2.64. The van der Waals surface area contributed by atoms with Gasteiger partial charge in [0.05, 0.1) is 12.2 Å². The van der Waals surface area contributed by atoms with E-state index in [9.17, 15) is 4.79 Å². The maximum Gasteiger partial charge on any atom is 0.335 e. The van der Waals surface area contributed by atoms with Crippen LogP contribution in [-0.4, -0.2) is 23.6 Å². The van der Waals surface area contributed by atoms with Crippen LogP contribution in [0.3, 0.4) is 0 Å². The number of hydrogen-bond acceptors (Lipinski definition) is 3. The normalized spacial score (nSPS) is 8.87. The predicted molar refractivity (Wildman–Crippen MR) is 59.1 cm³/mol. The number of carboxylic acids is 1. The molecule has 0 fully saturated rings. The van der Waals surface area contributed by atoms with E-state index in [0.717, 1.165) is 0 Å². The molecule has 1 aromatic carbocycles. The van der Waals surface area contributed by atoms with Crippen molar-refractivity contribution in [3.63, 3.8) is 0 Å². The third-order valence-electron chi connectivity index (χ3n) is 1.68. The maximum absolute atomic E-state index is 10.5. The minimum absolute atomic E-state index is 0. The van der Waals surface area contributed by atoms with Crippen LogP contribution in [0.4, 0.5) is 0 Å². The molecule has 15 heavy (non-hydrogen) atoms. The Hall–Kier alpha value is -1.55. The van der Waals surface area contributed by atoms with E-state index in [1.54, 1.807) is 19.1 Å². The first kappa shape index (κ1) is 13.4. The predicted octanol–water partition coefficient (Wildman–Crippen LogP) is 2.17. The summed E-state index contributed by atoms with van der Waals surface area (Å²) < 4.78 is 4.96. The van der Waals surface area contributed by atoms with E-state index in [0.29, 0.717) is 12.2 Å². The molecule has 0 atom stereocenters. The van der Waals surface area contributed by atoms with Crippen LogP contribution in [0.1, 0.15) is 22.8 Å². The van der Waals surface area contributed by atoms with E-state index in [-0.39, 0.29) is 23.9 Å². The van der Waals surface area contributed by atoms with Gasteiger partial charge < -0.3 is 9.84 Å². The zero-order valence-electron chi connectivity index (χ0n) is 8.19. The number of rotatable bonds is 3. The molecule has 1 rings (SSSR count). The molecule has 0 aromatic heterocycles. The average molecular weight is 230 g/mol. The second kappa shape index (κ2) is 6.03. The minimum Gasteiger partial charge on any atom is -0.478 e. The van der Waals surface area contributed by atoms with Crippen molar-refractivity contribution in [2.45, 2.75) is 6.92 Å². The van der Waals surface area contributed by atoms with Crippen LogP contribution in [0.25, 0.3) is 0 Å². The molecule has 0 radical (unpaired) electrons. The molecule has 0 aliphatic carbocycles. The SMILES string of the molecule is CCOC(=N)c1ccc(C(=O)O)cc1.Cl. The highest BCUT2D eigenvalue weighted by molar-refractivity contribution is 5.93. The lowest BCUT2D eigenvalue weighted by molar-refractivity contribution is 0.0697. The third-order valence-corrected chi connectivity index (χ3v) is 1.68. The highest BCUT2D eigenvalue weighted by Gasteiger charge is 2.04. The van der Waals surface area contributed by atoms with Gasteiger partial charge in [0.1, 0.15) is 0 Å². The molecular formula is C10H12ClNO3. The monoisotopic (exact) mass is 229 g/mol. The van der Waals surface area contributed by atoms with Crippen molar-refractivity contribution in [1.29, 1.82) is 5.41 Å². The first-order valence-corrected chi connectivity index (χ1v) is 4.20. The molecule has 2 N–H and O–H groups in total. The summed E-state index contributed by atoms with van der Waals surface area (Å²) in [6.45, 7) is 2.22. The molecule has 0 amide bonds. The fourth-order valence-electron chi connectivity index (χ4n) is 0.992. The number of hydrogen-bond donors (Lipinski definition) is 2. The van der Waals surface area contributed by atoms with Gasteiger partial charge in [-0.3, -0.25) is 5.41 Å². The lowest BCUT2D eigenvalue weighted by Gasteiger charge is -2.04. The van der Waals surface area contributed by atoms with E-state index in [1.165, 1.54) is 12.1 Å². The fraction of sp³-hybridized carbons (Fsp3) is 0.200. The van der Waals surface area contributed by atoms with Gasteiger partial charge >= 0.3 is 5.97 Å². The van der Waals surface area contributed by atoms with Gasteiger partial charge in [0.2, 0.25) is 5.90 Å². The number of carboxylic acid groups (broad SMARTS) is 1. The second-order valence-electron chi connectivity index (χ2n) is 2.64. The Balaban J connectivity index is 0.00000196. The van der Waals surface area contributed by atoms with Crippen molar-refractivity contribution < 1.29 is 14.6 Å². The van der Waals surface area contributed by atoms with Gasteiger partial charge in [-0.1, -0.05) is 0 Å². The summed E-state index contributed by atoms with van der Waals surface area (Å²) in [5.74, 6) is -0.913. The summed E-state index contributed by atoms with van der Waals surface area (Å²) in [5.41, 5.74) is 0.787. The molecule has 0 aliphatic heterocycles. The standard InChI is InChI=1S/C10H11NO3.ClH/c1-2-14-9(11)7-3-5-8(6-4-7)10(12)13;/h3-6,11H,2H2,1H3,(H,12,13);1H. The van der Waals surface area contributed by atoms with Crippen molar-refractivity contribution in [3.05, 3.63) is 35.4 Å². The van der Waals surface area contributed by atoms with Gasteiger partial charge in [0, 0.05) is 5.56 Å². The van der Waals surface area contributed by atoms with Gasteiger partial charge in [-0.2, -0.15) is 0 Å². The maximum atomic E-state index is 10.5. The molecule has 0 saturated carbocycles. The first-order valence-electron chi connectivity index (χ1n) is 4.20. The molecule has 82 valence electrons. The van der Waals surface area contributed by atoms with Crippen LogP contribution in [0.2, 0.25) is 0 Å². The van der Waals surface area contributed by atoms with Crippen LogP contribution in [0.15, 0.2) is 24.3 Å². The highest BCUT2D eigenvalue weighted by atomic mass is 35.5. The van der Waals surface area contributed by atoms with Crippen LogP contribution >= 0.6 is 12.4 Å². The van der Waals surface area contributed by atoms with Gasteiger partial charge in [0.25, 0.3) is 0 Å². The molecule has 0 saturated heterocycles. The van der Waals surface area contributed by atoms with Crippen LogP contribution in [0, 0.1) is 5.41 Å². The van der Waals surface area contributed by atoms with Gasteiger partial charge in [-0.15, -0.1) is 12.4 Å². The highest BCUT2D eigenvalue weighted by Crippen LogP contribution is 2.05. The Bertz CT molecular complexity index is 348. The number of aromatic carboxylic acids is 1. The lowest BCUT2D eigenvalue weighted by Crippen LogP contribution is -2.05. The van der Waals surface area contributed by atoms with E-state index in [4.69, 9.17) is 15.3 Å². The topological polar surface area (TPSA) is 70.4 Å². The summed E-state index contributed by atoms with van der Waals surface area (Å²) in [4.78, 5) is 10.5. The largest absolute Gasteiger partial charge is 0.478 e. The van der Waals surface area contributed by atoms with Crippen LogP contribution in [-0.2, 0) is 4.74 Å². The minimum atomic E-state index is -0.973. The fourth-order valence-corrected chi connectivity index (χ4v) is 0.992. The quantitative estimate of drug-likeness (QED) is 0.616. The van der Waals surface area contributed by atoms with Crippen molar-refractivity contribution >= 4 is 24.3 Å². The Morgan fingerprint density at radius 3 is 2.20 bits per heavy atom. The summed E-state index contributed by atoms with van der Waals surface area (Å²) in [5, 5.41) is 16.1. The lowest BCUT2D eigenvalue weighted by atomic mass is 10.1. The molecule has 0 heterocycles. The number of nitrogens with one attached hydrogen (secondary N) is 1. The van der Waals surface area contributed by atoms with Gasteiger partial charge in [0.15, 0.2) is 0 Å². The number of benzene rings is 1. The number of halogens is 1.